The Morgan fingerprint density at radius 3 is 2.39 bits per heavy atom. The number of carbonyl (C=O) groups is 1. The number of amides is 2. The van der Waals surface area contributed by atoms with Crippen molar-refractivity contribution >= 4 is 6.03 Å². The smallest absolute Gasteiger partial charge is 0.314 e. The van der Waals surface area contributed by atoms with E-state index in [4.69, 9.17) is 4.42 Å². The number of urea groups is 1. The quantitative estimate of drug-likeness (QED) is 0.735. The van der Waals surface area contributed by atoms with Crippen LogP contribution < -0.4 is 10.6 Å². The number of nitrogens with one attached hydrogen (secondary N) is 2. The average Bonchev–Trinajstić information content (AvgIpc) is 3.08. The van der Waals surface area contributed by atoms with Crippen LogP contribution in [0.25, 0.3) is 0 Å². The van der Waals surface area contributed by atoms with Crippen LogP contribution in [0, 0.1) is 5.92 Å². The van der Waals surface area contributed by atoms with Gasteiger partial charge >= 0.3 is 6.03 Å². The zero-order valence-corrected chi connectivity index (χ0v) is 13.5. The van der Waals surface area contributed by atoms with Crippen molar-refractivity contribution < 1.29 is 14.3 Å². The Kier molecular flexibility index (Phi) is 6.23. The highest BCUT2D eigenvalue weighted by atomic mass is 16.4. The molecule has 5 nitrogen and oxygen atoms in total. The monoisotopic (exact) mass is 316 g/mol. The number of aliphatic hydroxyl groups excluding tert-OH is 1. The van der Waals surface area contributed by atoms with E-state index in [0.717, 1.165) is 0 Å². The van der Waals surface area contributed by atoms with Crippen molar-refractivity contribution in [1.29, 1.82) is 0 Å². The summed E-state index contributed by atoms with van der Waals surface area (Å²) in [6.45, 7) is 4.93. The predicted molar refractivity (Wildman–Crippen MR) is 89.1 cm³/mol. The lowest BCUT2D eigenvalue weighted by molar-refractivity contribution is 0.148. The highest BCUT2D eigenvalue weighted by molar-refractivity contribution is 5.73. The molecule has 2 rings (SSSR count). The minimum absolute atomic E-state index is 0.108. The molecule has 0 bridgehead atoms. The van der Waals surface area contributed by atoms with Gasteiger partial charge in [-0.2, -0.15) is 0 Å². The first-order chi connectivity index (χ1) is 11.1. The molecule has 1 aromatic heterocycles. The molecule has 0 aliphatic rings. The van der Waals surface area contributed by atoms with Gasteiger partial charge in [0.2, 0.25) is 0 Å². The van der Waals surface area contributed by atoms with E-state index in [1.54, 1.807) is 12.1 Å². The van der Waals surface area contributed by atoms with Crippen molar-refractivity contribution in [1.82, 2.24) is 10.6 Å². The summed E-state index contributed by atoms with van der Waals surface area (Å²) in [7, 11) is 0. The molecule has 0 spiro atoms. The van der Waals surface area contributed by atoms with Gasteiger partial charge in [-0.25, -0.2) is 4.79 Å². The number of rotatable bonds is 7. The molecular weight excluding hydrogens is 292 g/mol. The topological polar surface area (TPSA) is 74.5 Å². The van der Waals surface area contributed by atoms with E-state index in [9.17, 15) is 9.90 Å². The zero-order chi connectivity index (χ0) is 16.7. The van der Waals surface area contributed by atoms with Crippen LogP contribution in [-0.4, -0.2) is 24.2 Å². The molecule has 0 aliphatic heterocycles. The molecule has 3 N–H and O–H groups in total. The Morgan fingerprint density at radius 1 is 1.09 bits per heavy atom. The van der Waals surface area contributed by atoms with Crippen LogP contribution in [0.15, 0.2) is 53.1 Å². The molecule has 0 saturated heterocycles. The van der Waals surface area contributed by atoms with Crippen LogP contribution in [0.1, 0.15) is 37.2 Å². The number of furan rings is 1. The summed E-state index contributed by atoms with van der Waals surface area (Å²) in [4.78, 5) is 11.9. The molecule has 2 atom stereocenters. The zero-order valence-electron chi connectivity index (χ0n) is 13.5. The van der Waals surface area contributed by atoms with Crippen LogP contribution in [0.3, 0.4) is 0 Å². The van der Waals surface area contributed by atoms with Gasteiger partial charge in [-0.05, 0) is 23.6 Å². The number of hydrogen-bond donors (Lipinski definition) is 3. The van der Waals surface area contributed by atoms with E-state index in [-0.39, 0.29) is 18.5 Å². The largest absolute Gasteiger partial charge is 0.467 e. The number of hydrogen-bond acceptors (Lipinski definition) is 3. The van der Waals surface area contributed by atoms with E-state index >= 15 is 0 Å². The summed E-state index contributed by atoms with van der Waals surface area (Å²) < 4.78 is 5.09. The third-order valence-electron chi connectivity index (χ3n) is 3.84. The maximum Gasteiger partial charge on any atom is 0.314 e. The van der Waals surface area contributed by atoms with Crippen molar-refractivity contribution in [3.8, 4) is 0 Å². The number of benzene rings is 1. The molecule has 1 aromatic carbocycles. The summed E-state index contributed by atoms with van der Waals surface area (Å²) in [6.07, 6.45) is 0.650. The van der Waals surface area contributed by atoms with Gasteiger partial charge in [0.05, 0.1) is 12.8 Å². The van der Waals surface area contributed by atoms with E-state index in [1.165, 1.54) is 11.8 Å². The van der Waals surface area contributed by atoms with Gasteiger partial charge in [-0.1, -0.05) is 44.2 Å². The first-order valence-electron chi connectivity index (χ1n) is 7.86. The number of carbonyl (C=O) groups excluding carboxylic acids is 1. The molecule has 2 unspecified atom stereocenters. The van der Waals surface area contributed by atoms with Crippen LogP contribution in [0.4, 0.5) is 4.79 Å². The fourth-order valence-electron chi connectivity index (χ4n) is 2.47. The maximum atomic E-state index is 11.9. The second kappa shape index (κ2) is 8.39. The Morgan fingerprint density at radius 2 is 1.78 bits per heavy atom. The van der Waals surface area contributed by atoms with Crippen molar-refractivity contribution in [3.05, 3.63) is 60.1 Å². The fourth-order valence-corrected chi connectivity index (χ4v) is 2.47. The van der Waals surface area contributed by atoms with Gasteiger partial charge in [-0.3, -0.25) is 0 Å². The highest BCUT2D eigenvalue weighted by Crippen LogP contribution is 2.23. The highest BCUT2D eigenvalue weighted by Gasteiger charge is 2.17. The van der Waals surface area contributed by atoms with E-state index in [0.29, 0.717) is 18.2 Å². The second-order valence-corrected chi connectivity index (χ2v) is 5.88. The summed E-state index contributed by atoms with van der Waals surface area (Å²) in [5, 5.41) is 15.4. The number of aliphatic hydroxyl groups is 1. The molecule has 0 fully saturated rings. The van der Waals surface area contributed by atoms with Gasteiger partial charge in [0.1, 0.15) is 11.9 Å². The van der Waals surface area contributed by atoms with E-state index < -0.39 is 6.10 Å². The van der Waals surface area contributed by atoms with Gasteiger partial charge in [0, 0.05) is 12.5 Å². The first-order valence-corrected chi connectivity index (χ1v) is 7.86. The normalized spacial score (nSPS) is 13.6. The van der Waals surface area contributed by atoms with Gasteiger partial charge in [0.25, 0.3) is 0 Å². The molecule has 0 saturated carbocycles. The van der Waals surface area contributed by atoms with Gasteiger partial charge in [-0.15, -0.1) is 0 Å². The molecule has 2 amide bonds. The lowest BCUT2D eigenvalue weighted by Crippen LogP contribution is -2.40. The third kappa shape index (κ3) is 5.14. The van der Waals surface area contributed by atoms with Crippen LogP contribution in [-0.2, 0) is 0 Å². The van der Waals surface area contributed by atoms with Crippen LogP contribution in [0.5, 0.6) is 0 Å². The molecule has 2 aromatic rings. The lowest BCUT2D eigenvalue weighted by Gasteiger charge is -2.22. The van der Waals surface area contributed by atoms with Crippen molar-refractivity contribution in [2.75, 3.05) is 13.1 Å². The molecule has 0 aliphatic carbocycles. The summed E-state index contributed by atoms with van der Waals surface area (Å²) >= 11 is 0. The predicted octanol–water partition coefficient (Wildman–Crippen LogP) is 3.05. The average molecular weight is 316 g/mol. The van der Waals surface area contributed by atoms with Crippen LogP contribution >= 0.6 is 0 Å². The maximum absolute atomic E-state index is 11.9. The van der Waals surface area contributed by atoms with E-state index in [1.807, 2.05) is 18.2 Å². The molecular formula is C18H24N2O3. The summed E-state index contributed by atoms with van der Waals surface area (Å²) in [6, 6.07) is 13.2. The third-order valence-corrected chi connectivity index (χ3v) is 3.84. The van der Waals surface area contributed by atoms with Crippen molar-refractivity contribution in [2.45, 2.75) is 25.9 Å². The Labute approximate surface area is 136 Å². The lowest BCUT2D eigenvalue weighted by atomic mass is 9.88. The molecule has 1 heterocycles. The van der Waals surface area contributed by atoms with Crippen molar-refractivity contribution in [3.63, 3.8) is 0 Å². The second-order valence-electron chi connectivity index (χ2n) is 5.88. The van der Waals surface area contributed by atoms with Crippen molar-refractivity contribution in [2.24, 2.45) is 5.92 Å². The Hall–Kier alpha value is -2.27. The first kappa shape index (κ1) is 17.1. The Bertz CT molecular complexity index is 582. The van der Waals surface area contributed by atoms with Gasteiger partial charge < -0.3 is 20.2 Å². The minimum atomic E-state index is -0.842. The molecule has 5 heteroatoms. The fraction of sp³-hybridized carbons (Fsp3) is 0.389. The van der Waals surface area contributed by atoms with E-state index in [2.05, 4.69) is 36.6 Å². The summed E-state index contributed by atoms with van der Waals surface area (Å²) in [5.74, 6) is 1.10. The molecule has 23 heavy (non-hydrogen) atoms. The van der Waals surface area contributed by atoms with Gasteiger partial charge in [0.15, 0.2) is 0 Å². The molecule has 0 radical (unpaired) electrons. The SMILES string of the molecule is CC(C)C(CNC(=O)NCC(O)c1ccco1)c1ccccc1. The Balaban J connectivity index is 1.80. The minimum Gasteiger partial charge on any atom is -0.467 e. The standard InChI is InChI=1S/C18H24N2O3/c1-13(2)15(14-7-4-3-5-8-14)11-19-18(22)20-12-16(21)17-9-6-10-23-17/h3-10,13,15-16,21H,11-12H2,1-2H3,(H2,19,20,22). The van der Waals surface area contributed by atoms with Crippen LogP contribution in [0.2, 0.25) is 0 Å². The molecule has 124 valence electrons. The summed E-state index contributed by atoms with van der Waals surface area (Å²) in [5.41, 5.74) is 1.21.